The summed E-state index contributed by atoms with van der Waals surface area (Å²) in [4.78, 5) is 4.85. The predicted octanol–water partition coefficient (Wildman–Crippen LogP) is 6.49. The number of sulfone groups is 1. The smallest absolute Gasteiger partial charge is 0.175 e. The van der Waals surface area contributed by atoms with Gasteiger partial charge in [0.1, 0.15) is 0 Å². The molecule has 164 valence electrons. The van der Waals surface area contributed by atoms with Crippen LogP contribution in [0.5, 0.6) is 0 Å². The van der Waals surface area contributed by atoms with E-state index in [0.717, 1.165) is 27.6 Å². The Morgan fingerprint density at radius 3 is 2.42 bits per heavy atom. The monoisotopic (exact) mass is 452 g/mol. The van der Waals surface area contributed by atoms with Crippen LogP contribution in [-0.2, 0) is 9.84 Å². The third kappa shape index (κ3) is 4.87. The van der Waals surface area contributed by atoms with Crippen molar-refractivity contribution < 1.29 is 8.42 Å². The number of pyridine rings is 1. The summed E-state index contributed by atoms with van der Waals surface area (Å²) in [5.41, 5.74) is 6.29. The van der Waals surface area contributed by atoms with Crippen molar-refractivity contribution >= 4 is 32.4 Å². The Hall–Kier alpha value is -3.75. The zero-order valence-corrected chi connectivity index (χ0v) is 19.6. The number of hydrogen-bond acceptors (Lipinski definition) is 4. The van der Waals surface area contributed by atoms with Crippen molar-refractivity contribution in [3.8, 4) is 17.2 Å². The lowest BCUT2D eigenvalue weighted by Gasteiger charge is -2.13. The van der Waals surface area contributed by atoms with Crippen molar-refractivity contribution in [3.63, 3.8) is 0 Å². The standard InChI is InChI=1S/C28H24N2O2S/c1-19(2)24-16-23-8-5-13-30-28(23)27(17-24)22-7-4-6-20(14-22)15-25(18-29)21-9-11-26(12-10-21)33(3,31)32/h4-17,19H,1-3H3. The molecular formula is C28H24N2O2S. The van der Waals surface area contributed by atoms with Crippen molar-refractivity contribution in [2.24, 2.45) is 0 Å². The Morgan fingerprint density at radius 1 is 1.00 bits per heavy atom. The number of nitriles is 1. The molecular weight excluding hydrogens is 428 g/mol. The summed E-state index contributed by atoms with van der Waals surface area (Å²) in [5.74, 6) is 0.386. The van der Waals surface area contributed by atoms with E-state index in [1.807, 2.05) is 24.3 Å². The summed E-state index contributed by atoms with van der Waals surface area (Å²) in [6.45, 7) is 4.35. The Balaban J connectivity index is 1.79. The van der Waals surface area contributed by atoms with Crippen molar-refractivity contribution in [1.82, 2.24) is 4.98 Å². The van der Waals surface area contributed by atoms with E-state index in [0.29, 0.717) is 17.1 Å². The Kier molecular flexibility index (Phi) is 6.13. The van der Waals surface area contributed by atoms with Crippen LogP contribution >= 0.6 is 0 Å². The number of nitrogens with zero attached hydrogens (tertiary/aromatic N) is 2. The topological polar surface area (TPSA) is 70.8 Å². The molecule has 1 aromatic heterocycles. The number of hydrogen-bond donors (Lipinski definition) is 0. The maximum absolute atomic E-state index is 11.7. The molecule has 0 saturated heterocycles. The molecule has 4 aromatic rings. The van der Waals surface area contributed by atoms with Crippen LogP contribution in [0.15, 0.2) is 83.9 Å². The first kappa shape index (κ1) is 22.4. The van der Waals surface area contributed by atoms with Gasteiger partial charge in [0.05, 0.1) is 22.1 Å². The first-order chi connectivity index (χ1) is 15.8. The Labute approximate surface area is 194 Å². The van der Waals surface area contributed by atoms with Gasteiger partial charge < -0.3 is 0 Å². The largest absolute Gasteiger partial charge is 0.256 e. The van der Waals surface area contributed by atoms with Gasteiger partial charge in [-0.3, -0.25) is 4.98 Å². The SMILES string of the molecule is CC(C)c1cc(-c2cccc(C=C(C#N)c3ccc(S(C)(=O)=O)cc3)c2)c2ncccc2c1. The number of allylic oxidation sites excluding steroid dienone is 1. The molecule has 4 rings (SSSR count). The van der Waals surface area contributed by atoms with E-state index in [9.17, 15) is 13.7 Å². The zero-order valence-electron chi connectivity index (χ0n) is 18.8. The van der Waals surface area contributed by atoms with E-state index in [1.165, 1.54) is 24.0 Å². The first-order valence-corrected chi connectivity index (χ1v) is 12.6. The minimum atomic E-state index is -3.28. The molecule has 1 heterocycles. The highest BCUT2D eigenvalue weighted by Crippen LogP contribution is 2.32. The molecule has 0 amide bonds. The van der Waals surface area contributed by atoms with Crippen LogP contribution < -0.4 is 0 Å². The van der Waals surface area contributed by atoms with Gasteiger partial charge in [0.2, 0.25) is 0 Å². The predicted molar refractivity (Wildman–Crippen MR) is 134 cm³/mol. The lowest BCUT2D eigenvalue weighted by atomic mass is 9.93. The molecule has 33 heavy (non-hydrogen) atoms. The summed E-state index contributed by atoms with van der Waals surface area (Å²) in [6.07, 6.45) is 4.79. The fourth-order valence-corrected chi connectivity index (χ4v) is 4.42. The van der Waals surface area contributed by atoms with Gasteiger partial charge in [-0.25, -0.2) is 8.42 Å². The van der Waals surface area contributed by atoms with Crippen molar-refractivity contribution in [3.05, 3.63) is 95.7 Å². The zero-order chi connectivity index (χ0) is 23.6. The van der Waals surface area contributed by atoms with Crippen molar-refractivity contribution in [1.29, 1.82) is 5.26 Å². The molecule has 5 heteroatoms. The molecule has 0 atom stereocenters. The maximum atomic E-state index is 11.7. The average molecular weight is 453 g/mol. The number of aromatic nitrogens is 1. The van der Waals surface area contributed by atoms with E-state index in [1.54, 1.807) is 18.3 Å². The molecule has 0 aliphatic carbocycles. The molecule has 0 bridgehead atoms. The normalized spacial score (nSPS) is 12.2. The van der Waals surface area contributed by atoms with Crippen molar-refractivity contribution in [2.45, 2.75) is 24.7 Å². The molecule has 0 N–H and O–H groups in total. The lowest BCUT2D eigenvalue weighted by molar-refractivity contribution is 0.602. The van der Waals surface area contributed by atoms with Crippen LogP contribution in [0.4, 0.5) is 0 Å². The van der Waals surface area contributed by atoms with Crippen LogP contribution in [0.25, 0.3) is 33.7 Å². The Bertz CT molecular complexity index is 1510. The molecule has 3 aromatic carbocycles. The lowest BCUT2D eigenvalue weighted by Crippen LogP contribution is -1.96. The number of benzene rings is 3. The summed E-state index contributed by atoms with van der Waals surface area (Å²) in [7, 11) is -3.28. The molecule has 0 unspecified atom stereocenters. The van der Waals surface area contributed by atoms with Crippen LogP contribution in [-0.4, -0.2) is 19.7 Å². The fraction of sp³-hybridized carbons (Fsp3) is 0.143. The van der Waals surface area contributed by atoms with Crippen LogP contribution in [0.3, 0.4) is 0 Å². The fourth-order valence-electron chi connectivity index (χ4n) is 3.79. The molecule has 0 aliphatic heterocycles. The van der Waals surface area contributed by atoms with E-state index in [4.69, 9.17) is 0 Å². The summed E-state index contributed by atoms with van der Waals surface area (Å²) < 4.78 is 23.4. The first-order valence-electron chi connectivity index (χ1n) is 10.7. The van der Waals surface area contributed by atoms with Crippen LogP contribution in [0.1, 0.15) is 36.5 Å². The minimum absolute atomic E-state index is 0.231. The van der Waals surface area contributed by atoms with Gasteiger partial charge in [0.25, 0.3) is 0 Å². The second kappa shape index (κ2) is 9.01. The second-order valence-electron chi connectivity index (χ2n) is 8.39. The molecule has 0 fully saturated rings. The molecule has 4 nitrogen and oxygen atoms in total. The third-order valence-electron chi connectivity index (χ3n) is 5.62. The van der Waals surface area contributed by atoms with Crippen LogP contribution in [0, 0.1) is 11.3 Å². The summed E-state index contributed by atoms with van der Waals surface area (Å²) in [6, 6.07) is 25.1. The van der Waals surface area contributed by atoms with Gasteiger partial charge in [-0.1, -0.05) is 50.2 Å². The number of rotatable bonds is 5. The molecule has 0 radical (unpaired) electrons. The maximum Gasteiger partial charge on any atom is 0.175 e. The van der Waals surface area contributed by atoms with E-state index >= 15 is 0 Å². The molecule has 0 aliphatic rings. The van der Waals surface area contributed by atoms with E-state index in [2.05, 4.69) is 55.2 Å². The van der Waals surface area contributed by atoms with Gasteiger partial charge in [0.15, 0.2) is 9.84 Å². The summed E-state index contributed by atoms with van der Waals surface area (Å²) in [5, 5.41) is 10.8. The molecule has 0 spiro atoms. The highest BCUT2D eigenvalue weighted by atomic mass is 32.2. The van der Waals surface area contributed by atoms with Crippen molar-refractivity contribution in [2.75, 3.05) is 6.26 Å². The minimum Gasteiger partial charge on any atom is -0.256 e. The quantitative estimate of drug-likeness (QED) is 0.256. The van der Waals surface area contributed by atoms with Gasteiger partial charge in [0, 0.05) is 23.4 Å². The molecule has 0 saturated carbocycles. The van der Waals surface area contributed by atoms with Gasteiger partial charge in [-0.05, 0) is 70.6 Å². The Morgan fingerprint density at radius 2 is 1.76 bits per heavy atom. The highest BCUT2D eigenvalue weighted by Gasteiger charge is 2.11. The van der Waals surface area contributed by atoms with Gasteiger partial charge >= 0.3 is 0 Å². The number of fused-ring (bicyclic) bond motifs is 1. The van der Waals surface area contributed by atoms with Gasteiger partial charge in [-0.15, -0.1) is 0 Å². The third-order valence-corrected chi connectivity index (χ3v) is 6.74. The average Bonchev–Trinajstić information content (AvgIpc) is 2.81. The highest BCUT2D eigenvalue weighted by molar-refractivity contribution is 7.90. The van der Waals surface area contributed by atoms with E-state index < -0.39 is 9.84 Å². The van der Waals surface area contributed by atoms with Gasteiger partial charge in [-0.2, -0.15) is 5.26 Å². The summed E-state index contributed by atoms with van der Waals surface area (Å²) >= 11 is 0. The van der Waals surface area contributed by atoms with E-state index in [-0.39, 0.29) is 4.90 Å². The van der Waals surface area contributed by atoms with Crippen LogP contribution in [0.2, 0.25) is 0 Å². The second-order valence-corrected chi connectivity index (χ2v) is 10.4.